The zero-order valence-corrected chi connectivity index (χ0v) is 21.7. The maximum Gasteiger partial charge on any atom is 0.271 e. The molecule has 5 rings (SSSR count). The van der Waals surface area contributed by atoms with Crippen molar-refractivity contribution in [2.75, 3.05) is 6.54 Å². The topological polar surface area (TPSA) is 95.8 Å². The maximum atomic E-state index is 12.9. The Bertz CT molecular complexity index is 1280. The minimum absolute atomic E-state index is 0.0446. The second-order valence-electron chi connectivity index (χ2n) is 8.99. The number of H-pyrrole nitrogens is 1. The molecule has 0 bridgehead atoms. The first-order valence-electron chi connectivity index (χ1n) is 12.9. The highest BCUT2D eigenvalue weighted by molar-refractivity contribution is 6.45. The van der Waals surface area contributed by atoms with Gasteiger partial charge in [0, 0.05) is 19.2 Å². The lowest BCUT2D eigenvalue weighted by atomic mass is 9.92. The molecule has 0 saturated carbocycles. The Morgan fingerprint density at radius 2 is 1.97 bits per heavy atom. The molecule has 4 heterocycles. The minimum atomic E-state index is -0.101. The number of para-hydroxylation sites is 1. The van der Waals surface area contributed by atoms with Gasteiger partial charge in [-0.3, -0.25) is 9.78 Å². The van der Waals surface area contributed by atoms with E-state index < -0.39 is 0 Å². The number of hydrogen-bond acceptors (Lipinski definition) is 6. The van der Waals surface area contributed by atoms with Crippen molar-refractivity contribution in [3.8, 4) is 5.75 Å². The summed E-state index contributed by atoms with van der Waals surface area (Å²) in [7, 11) is 0. The molecule has 1 unspecified atom stereocenters. The number of ether oxygens (including phenoxy) is 1. The Balaban J connectivity index is 0.000000209. The fourth-order valence-corrected chi connectivity index (χ4v) is 4.29. The van der Waals surface area contributed by atoms with Gasteiger partial charge in [-0.15, -0.1) is 5.10 Å². The first kappa shape index (κ1) is 26.0. The predicted molar refractivity (Wildman–Crippen MR) is 146 cm³/mol. The molecule has 0 fully saturated rings. The summed E-state index contributed by atoms with van der Waals surface area (Å²) in [6.07, 6.45) is 11.0. The van der Waals surface area contributed by atoms with Gasteiger partial charge in [-0.05, 0) is 49.6 Å². The summed E-state index contributed by atoms with van der Waals surface area (Å²) in [5.41, 5.74) is 5.30. The highest BCUT2D eigenvalue weighted by Gasteiger charge is 2.35. The first-order valence-corrected chi connectivity index (χ1v) is 12.9. The number of hydrogen-bond donors (Lipinski definition) is 1. The van der Waals surface area contributed by atoms with E-state index in [2.05, 4.69) is 32.1 Å². The second-order valence-corrected chi connectivity index (χ2v) is 8.99. The monoisotopic (exact) mass is 498 g/mol. The lowest BCUT2D eigenvalue weighted by Crippen LogP contribution is -2.43. The molecule has 1 atom stereocenters. The van der Waals surface area contributed by atoms with Crippen LogP contribution < -0.4 is 4.74 Å². The van der Waals surface area contributed by atoms with Gasteiger partial charge in [-0.2, -0.15) is 5.10 Å². The fraction of sp³-hybridized carbons (Fsp3) is 0.345. The number of allylic oxidation sites excluding steroid dienone is 1. The van der Waals surface area contributed by atoms with Crippen LogP contribution in [0.15, 0.2) is 77.5 Å². The minimum Gasteiger partial charge on any atom is -0.465 e. The number of pyridine rings is 1. The standard InChI is InChI=1S/C17H18N6O.C12H16O/c1-2-11-15(13-5-3-4-7-18-13)21-22-16(11)17(24)23-8-6-12-14(9-23)20-10-19-12;1-3-4-7-10-13-12-9-6-5-8-11(12)2/h3-5,7,10-11H,2,6,8-9H2,1H3,(H,19,20);5-10H,3-4H2,1-2H3/b;10-7-. The van der Waals surface area contributed by atoms with Gasteiger partial charge < -0.3 is 14.6 Å². The summed E-state index contributed by atoms with van der Waals surface area (Å²) in [5, 5.41) is 8.48. The van der Waals surface area contributed by atoms with Crippen LogP contribution in [0.5, 0.6) is 5.75 Å². The van der Waals surface area contributed by atoms with Gasteiger partial charge in [0.25, 0.3) is 5.91 Å². The molecule has 2 aliphatic heterocycles. The van der Waals surface area contributed by atoms with Gasteiger partial charge >= 0.3 is 0 Å². The third kappa shape index (κ3) is 6.39. The summed E-state index contributed by atoms with van der Waals surface area (Å²) in [6, 6.07) is 13.7. The van der Waals surface area contributed by atoms with Gasteiger partial charge in [0.15, 0.2) is 0 Å². The highest BCUT2D eigenvalue weighted by atomic mass is 16.5. The number of amides is 1. The van der Waals surface area contributed by atoms with Crippen LogP contribution in [0.2, 0.25) is 0 Å². The Morgan fingerprint density at radius 1 is 1.14 bits per heavy atom. The van der Waals surface area contributed by atoms with Crippen LogP contribution in [0.4, 0.5) is 0 Å². The molecule has 2 aliphatic rings. The first-order chi connectivity index (χ1) is 18.1. The number of aromatic nitrogens is 3. The molecule has 2 aromatic heterocycles. The Morgan fingerprint density at radius 3 is 2.73 bits per heavy atom. The quantitative estimate of drug-likeness (QED) is 0.449. The van der Waals surface area contributed by atoms with E-state index in [0.717, 1.165) is 54.2 Å². The average molecular weight is 499 g/mol. The second kappa shape index (κ2) is 12.8. The Kier molecular flexibility index (Phi) is 8.97. The van der Waals surface area contributed by atoms with E-state index >= 15 is 0 Å². The van der Waals surface area contributed by atoms with E-state index in [9.17, 15) is 4.79 Å². The zero-order valence-electron chi connectivity index (χ0n) is 21.7. The predicted octanol–water partition coefficient (Wildman–Crippen LogP) is 5.26. The normalized spacial score (nSPS) is 16.5. The number of rotatable bonds is 7. The van der Waals surface area contributed by atoms with Crippen molar-refractivity contribution >= 4 is 17.3 Å². The lowest BCUT2D eigenvalue weighted by molar-refractivity contribution is -0.125. The fourth-order valence-electron chi connectivity index (χ4n) is 4.29. The van der Waals surface area contributed by atoms with Gasteiger partial charge in [-0.1, -0.05) is 44.5 Å². The highest BCUT2D eigenvalue weighted by Crippen LogP contribution is 2.23. The molecule has 0 aliphatic carbocycles. The van der Waals surface area contributed by atoms with Crippen molar-refractivity contribution in [2.45, 2.75) is 53.0 Å². The molecule has 0 saturated heterocycles. The lowest BCUT2D eigenvalue weighted by Gasteiger charge is -2.27. The molecule has 8 heteroatoms. The van der Waals surface area contributed by atoms with E-state index in [1.807, 2.05) is 67.3 Å². The van der Waals surface area contributed by atoms with Crippen LogP contribution in [0.3, 0.4) is 0 Å². The van der Waals surface area contributed by atoms with Gasteiger partial charge in [0.05, 0.1) is 47.8 Å². The van der Waals surface area contributed by atoms with Crippen LogP contribution in [0.25, 0.3) is 0 Å². The van der Waals surface area contributed by atoms with Crippen LogP contribution in [0, 0.1) is 12.8 Å². The van der Waals surface area contributed by atoms with E-state index in [-0.39, 0.29) is 11.8 Å². The van der Waals surface area contributed by atoms with Gasteiger partial charge in [-0.25, -0.2) is 4.98 Å². The summed E-state index contributed by atoms with van der Waals surface area (Å²) in [4.78, 5) is 26.5. The van der Waals surface area contributed by atoms with Crippen molar-refractivity contribution in [3.63, 3.8) is 0 Å². The number of carbonyl (C=O) groups excluding carboxylic acids is 1. The van der Waals surface area contributed by atoms with E-state index in [1.165, 1.54) is 5.56 Å². The number of carbonyl (C=O) groups is 1. The third-order valence-electron chi connectivity index (χ3n) is 6.38. The largest absolute Gasteiger partial charge is 0.465 e. The number of fused-ring (bicyclic) bond motifs is 1. The van der Waals surface area contributed by atoms with E-state index in [0.29, 0.717) is 18.8 Å². The average Bonchev–Trinajstić information content (AvgIpc) is 3.59. The number of unbranched alkanes of at least 4 members (excludes halogenated alkanes) is 1. The van der Waals surface area contributed by atoms with E-state index in [1.54, 1.807) is 18.8 Å². The number of nitrogens with one attached hydrogen (secondary N) is 1. The summed E-state index contributed by atoms with van der Waals surface area (Å²) < 4.78 is 5.46. The molecule has 3 aromatic rings. The van der Waals surface area contributed by atoms with E-state index in [4.69, 9.17) is 4.74 Å². The van der Waals surface area contributed by atoms with Crippen LogP contribution in [0.1, 0.15) is 55.8 Å². The molecule has 192 valence electrons. The third-order valence-corrected chi connectivity index (χ3v) is 6.38. The van der Waals surface area contributed by atoms with Crippen LogP contribution >= 0.6 is 0 Å². The maximum absolute atomic E-state index is 12.9. The van der Waals surface area contributed by atoms with Crippen molar-refractivity contribution in [3.05, 3.63) is 90.0 Å². The Labute approximate surface area is 218 Å². The Hall–Kier alpha value is -4.07. The molecule has 0 radical (unpaired) electrons. The molecule has 37 heavy (non-hydrogen) atoms. The molecule has 8 nitrogen and oxygen atoms in total. The zero-order chi connectivity index (χ0) is 26.0. The van der Waals surface area contributed by atoms with Crippen molar-refractivity contribution in [1.82, 2.24) is 19.9 Å². The smallest absolute Gasteiger partial charge is 0.271 e. The van der Waals surface area contributed by atoms with Crippen LogP contribution in [-0.4, -0.2) is 43.7 Å². The van der Waals surface area contributed by atoms with Crippen molar-refractivity contribution in [2.24, 2.45) is 16.1 Å². The molecule has 0 spiro atoms. The summed E-state index contributed by atoms with van der Waals surface area (Å²) >= 11 is 0. The van der Waals surface area contributed by atoms with Crippen LogP contribution in [-0.2, 0) is 17.8 Å². The summed E-state index contributed by atoms with van der Waals surface area (Å²) in [6.45, 7) is 7.44. The van der Waals surface area contributed by atoms with Crippen molar-refractivity contribution in [1.29, 1.82) is 0 Å². The van der Waals surface area contributed by atoms with Crippen molar-refractivity contribution < 1.29 is 9.53 Å². The number of benzene rings is 1. The number of aryl methyl sites for hydroxylation is 1. The number of imidazole rings is 1. The number of aromatic amines is 1. The molecule has 1 amide bonds. The molecule has 1 N–H and O–H groups in total. The molecular weight excluding hydrogens is 464 g/mol. The SMILES string of the molecule is CCC/C=C\Oc1ccccc1C.CCC1C(C(=O)N2CCc3nc[nH]c3C2)=NN=C1c1ccccn1. The molecule has 1 aromatic carbocycles. The van der Waals surface area contributed by atoms with Gasteiger partial charge in [0.1, 0.15) is 11.5 Å². The van der Waals surface area contributed by atoms with Gasteiger partial charge in [0.2, 0.25) is 0 Å². The number of nitrogens with zero attached hydrogens (tertiary/aromatic N) is 5. The molecular formula is C29H34N6O2. The summed E-state index contributed by atoms with van der Waals surface area (Å²) in [5.74, 6) is 0.794.